The number of aromatic nitrogens is 2. The summed E-state index contributed by atoms with van der Waals surface area (Å²) in [5, 5.41) is 21.9. The van der Waals surface area contributed by atoms with Crippen LogP contribution in [0.2, 0.25) is 0 Å². The maximum Gasteiger partial charge on any atom is 0.270 e. The second-order valence-electron chi connectivity index (χ2n) is 6.22. The van der Waals surface area contributed by atoms with Gasteiger partial charge in [0.05, 0.1) is 9.82 Å². The van der Waals surface area contributed by atoms with Gasteiger partial charge in [-0.25, -0.2) is 13.1 Å². The number of hydrogen-bond donors (Lipinski definition) is 2. The first-order valence-corrected chi connectivity index (χ1v) is 11.0. The van der Waals surface area contributed by atoms with Gasteiger partial charge in [0.15, 0.2) is 0 Å². The van der Waals surface area contributed by atoms with Crippen molar-refractivity contribution in [2.75, 3.05) is 11.9 Å². The summed E-state index contributed by atoms with van der Waals surface area (Å²) in [6.07, 6.45) is 0.287. The molecule has 0 saturated heterocycles. The molecule has 1 amide bonds. The molecule has 0 aliphatic rings. The SMILES string of the molecule is Cc1ccc(S(=O)(=O)NCCc2nnc(NC(=O)c3cccc([N+](=O)[O-])c3)s2)cc1. The largest absolute Gasteiger partial charge is 0.296 e. The fourth-order valence-electron chi connectivity index (χ4n) is 2.43. The maximum atomic E-state index is 12.3. The topological polar surface area (TPSA) is 144 Å². The lowest BCUT2D eigenvalue weighted by Gasteiger charge is -2.05. The Balaban J connectivity index is 1.56. The minimum absolute atomic E-state index is 0.115. The predicted molar refractivity (Wildman–Crippen MR) is 111 cm³/mol. The molecular formula is C18H17N5O5S2. The number of non-ortho nitro benzene ring substituents is 1. The summed E-state index contributed by atoms with van der Waals surface area (Å²) >= 11 is 1.09. The van der Waals surface area contributed by atoms with Crippen molar-refractivity contribution in [1.82, 2.24) is 14.9 Å². The molecule has 0 aliphatic carbocycles. The molecule has 0 radical (unpaired) electrons. The highest BCUT2D eigenvalue weighted by atomic mass is 32.2. The van der Waals surface area contributed by atoms with E-state index in [2.05, 4.69) is 20.2 Å². The van der Waals surface area contributed by atoms with E-state index in [1.54, 1.807) is 12.1 Å². The van der Waals surface area contributed by atoms with E-state index in [0.29, 0.717) is 5.01 Å². The fraction of sp³-hybridized carbons (Fsp3) is 0.167. The zero-order chi connectivity index (χ0) is 21.7. The zero-order valence-corrected chi connectivity index (χ0v) is 17.4. The number of amides is 1. The van der Waals surface area contributed by atoms with Gasteiger partial charge in [0.1, 0.15) is 5.01 Å². The van der Waals surface area contributed by atoms with Crippen LogP contribution in [0.5, 0.6) is 0 Å². The number of nitro groups is 1. The number of benzene rings is 2. The third-order valence-corrected chi connectivity index (χ3v) is 6.34. The third-order valence-electron chi connectivity index (χ3n) is 3.97. The van der Waals surface area contributed by atoms with Gasteiger partial charge in [-0.1, -0.05) is 35.1 Å². The Hall–Kier alpha value is -3.22. The molecule has 0 aliphatic heterocycles. The van der Waals surface area contributed by atoms with Crippen molar-refractivity contribution in [2.24, 2.45) is 0 Å². The fourth-order valence-corrected chi connectivity index (χ4v) is 4.19. The minimum Gasteiger partial charge on any atom is -0.296 e. The molecule has 0 bridgehead atoms. The number of nitrogens with zero attached hydrogens (tertiary/aromatic N) is 3. The number of anilines is 1. The van der Waals surface area contributed by atoms with Crippen molar-refractivity contribution in [2.45, 2.75) is 18.2 Å². The van der Waals surface area contributed by atoms with Crippen LogP contribution >= 0.6 is 11.3 Å². The van der Waals surface area contributed by atoms with Crippen molar-refractivity contribution in [3.8, 4) is 0 Å². The average Bonchev–Trinajstić information content (AvgIpc) is 3.15. The first kappa shape index (κ1) is 21.5. The summed E-state index contributed by atoms with van der Waals surface area (Å²) in [5.74, 6) is -0.554. The second-order valence-corrected chi connectivity index (χ2v) is 9.05. The van der Waals surface area contributed by atoms with Crippen molar-refractivity contribution in [1.29, 1.82) is 0 Å². The summed E-state index contributed by atoms with van der Waals surface area (Å²) < 4.78 is 27.0. The number of rotatable bonds is 8. The molecule has 0 fully saturated rings. The van der Waals surface area contributed by atoms with E-state index >= 15 is 0 Å². The smallest absolute Gasteiger partial charge is 0.270 e. The Kier molecular flexibility index (Phi) is 6.50. The Morgan fingerprint density at radius 2 is 1.90 bits per heavy atom. The highest BCUT2D eigenvalue weighted by molar-refractivity contribution is 7.89. The first-order chi connectivity index (χ1) is 14.2. The molecule has 0 atom stereocenters. The number of nitrogens with one attached hydrogen (secondary N) is 2. The summed E-state index contributed by atoms with van der Waals surface area (Å²) in [7, 11) is -3.62. The zero-order valence-electron chi connectivity index (χ0n) is 15.7. The van der Waals surface area contributed by atoms with E-state index in [4.69, 9.17) is 0 Å². The second kappa shape index (κ2) is 9.07. The van der Waals surface area contributed by atoms with Crippen LogP contribution in [0.4, 0.5) is 10.8 Å². The Morgan fingerprint density at radius 1 is 1.17 bits per heavy atom. The number of carbonyl (C=O) groups excluding carboxylic acids is 1. The van der Waals surface area contributed by atoms with Crippen molar-refractivity contribution in [3.05, 3.63) is 74.8 Å². The monoisotopic (exact) mass is 447 g/mol. The van der Waals surface area contributed by atoms with Crippen LogP contribution in [0.15, 0.2) is 53.4 Å². The molecule has 2 aromatic carbocycles. The number of sulfonamides is 1. The third kappa shape index (κ3) is 5.43. The Morgan fingerprint density at radius 3 is 2.60 bits per heavy atom. The molecule has 0 spiro atoms. The Bertz CT molecular complexity index is 1180. The van der Waals surface area contributed by atoms with Crippen molar-refractivity contribution >= 4 is 38.1 Å². The molecule has 0 unspecified atom stereocenters. The highest BCUT2D eigenvalue weighted by Gasteiger charge is 2.15. The molecule has 2 N–H and O–H groups in total. The van der Waals surface area contributed by atoms with Crippen molar-refractivity contribution in [3.63, 3.8) is 0 Å². The van der Waals surface area contributed by atoms with Crippen molar-refractivity contribution < 1.29 is 18.1 Å². The van der Waals surface area contributed by atoms with Gasteiger partial charge < -0.3 is 0 Å². The quantitative estimate of drug-likeness (QED) is 0.399. The lowest BCUT2D eigenvalue weighted by atomic mass is 10.2. The van der Waals surface area contributed by atoms with Crippen LogP contribution in [0.1, 0.15) is 20.9 Å². The Labute approximate surface area is 176 Å². The van der Waals surface area contributed by atoms with Gasteiger partial charge in [-0.2, -0.15) is 0 Å². The van der Waals surface area contributed by atoms with Crippen LogP contribution in [0.25, 0.3) is 0 Å². The van der Waals surface area contributed by atoms with E-state index in [1.165, 1.54) is 30.3 Å². The maximum absolute atomic E-state index is 12.3. The molecule has 156 valence electrons. The van der Waals surface area contributed by atoms with Crippen LogP contribution in [-0.2, 0) is 16.4 Å². The lowest BCUT2D eigenvalue weighted by molar-refractivity contribution is -0.384. The average molecular weight is 447 g/mol. The molecule has 3 aromatic rings. The lowest BCUT2D eigenvalue weighted by Crippen LogP contribution is -2.25. The van der Waals surface area contributed by atoms with Gasteiger partial charge in [-0.15, -0.1) is 10.2 Å². The number of aryl methyl sites for hydroxylation is 1. The minimum atomic E-state index is -3.62. The first-order valence-electron chi connectivity index (χ1n) is 8.69. The molecular weight excluding hydrogens is 430 g/mol. The summed E-state index contributed by atoms with van der Waals surface area (Å²) in [6.45, 7) is 1.98. The standard InChI is InChI=1S/C18H17N5O5S2/c1-12-5-7-15(8-6-12)30(27,28)19-10-9-16-21-22-18(29-16)20-17(24)13-3-2-4-14(11-13)23(25)26/h2-8,11,19H,9-10H2,1H3,(H,20,22,24). The molecule has 30 heavy (non-hydrogen) atoms. The van der Waals surface area contributed by atoms with Gasteiger partial charge in [-0.05, 0) is 25.1 Å². The van der Waals surface area contributed by atoms with Crippen LogP contribution < -0.4 is 10.0 Å². The van der Waals surface area contributed by atoms with E-state index < -0.39 is 20.9 Å². The molecule has 0 saturated carbocycles. The summed E-state index contributed by atoms with van der Waals surface area (Å²) in [4.78, 5) is 22.6. The molecule has 12 heteroatoms. The van der Waals surface area contributed by atoms with Crippen LogP contribution in [0, 0.1) is 17.0 Å². The summed E-state index contributed by atoms with van der Waals surface area (Å²) in [5.41, 5.74) is 0.885. The van der Waals surface area contributed by atoms with Gasteiger partial charge in [-0.3, -0.25) is 20.2 Å². The number of carbonyl (C=O) groups is 1. The van der Waals surface area contributed by atoms with Gasteiger partial charge in [0, 0.05) is 30.7 Å². The summed E-state index contributed by atoms with van der Waals surface area (Å²) in [6, 6.07) is 11.8. The molecule has 3 rings (SSSR count). The van der Waals surface area contributed by atoms with Crippen LogP contribution in [0.3, 0.4) is 0 Å². The molecule has 1 aromatic heterocycles. The predicted octanol–water partition coefficient (Wildman–Crippen LogP) is 2.53. The molecule has 10 nitrogen and oxygen atoms in total. The van der Waals surface area contributed by atoms with Gasteiger partial charge in [0.2, 0.25) is 15.2 Å². The number of nitro benzene ring substituents is 1. The van der Waals surface area contributed by atoms with E-state index in [1.807, 2.05) is 6.92 Å². The normalized spacial score (nSPS) is 11.2. The van der Waals surface area contributed by atoms with E-state index in [-0.39, 0.29) is 34.2 Å². The highest BCUT2D eigenvalue weighted by Crippen LogP contribution is 2.19. The number of hydrogen-bond acceptors (Lipinski definition) is 8. The van der Waals surface area contributed by atoms with Gasteiger partial charge in [0.25, 0.3) is 11.6 Å². The molecule has 1 heterocycles. The van der Waals surface area contributed by atoms with Gasteiger partial charge >= 0.3 is 0 Å². The van der Waals surface area contributed by atoms with E-state index in [9.17, 15) is 23.3 Å². The van der Waals surface area contributed by atoms with E-state index in [0.717, 1.165) is 23.0 Å². The van der Waals surface area contributed by atoms with Crippen LogP contribution in [-0.4, -0.2) is 36.0 Å².